The number of carbonyl (C=O) groups excluding carboxylic acids is 1. The van der Waals surface area contributed by atoms with E-state index in [0.29, 0.717) is 5.75 Å². The quantitative estimate of drug-likeness (QED) is 0.650. The number of carbonyl (C=O) groups is 2. The van der Waals surface area contributed by atoms with E-state index in [1.165, 1.54) is 6.08 Å². The van der Waals surface area contributed by atoms with Crippen molar-refractivity contribution >= 4 is 17.8 Å². The Morgan fingerprint density at radius 1 is 1.00 bits per heavy atom. The van der Waals surface area contributed by atoms with Crippen LogP contribution in [0.5, 0.6) is 11.5 Å². The van der Waals surface area contributed by atoms with Crippen LogP contribution in [-0.4, -0.2) is 16.9 Å². The maximum atomic E-state index is 11.3. The maximum absolute atomic E-state index is 11.3. The van der Waals surface area contributed by atoms with Crippen LogP contribution in [0, 0.1) is 0 Å². The number of carboxylic acid groups (broad SMARTS) is 1. The molecule has 2 aromatic carbocycles. The molecular formula is C17H14O4. The number of hydrogen-bond donors (Lipinski definition) is 1. The summed E-state index contributed by atoms with van der Waals surface area (Å²) >= 11 is 0. The molecule has 2 rings (SSSR count). The highest BCUT2D eigenvalue weighted by molar-refractivity contribution is 6.03. The molecule has 2 aromatic rings. The number of hydrogen-bond acceptors (Lipinski definition) is 3. The van der Waals surface area contributed by atoms with Crippen LogP contribution in [-0.2, 0) is 9.59 Å². The molecule has 4 heteroatoms. The van der Waals surface area contributed by atoms with E-state index in [9.17, 15) is 9.59 Å². The number of allylic oxidation sites excluding steroid dienone is 1. The van der Waals surface area contributed by atoms with Crippen molar-refractivity contribution in [2.45, 2.75) is 6.42 Å². The summed E-state index contributed by atoms with van der Waals surface area (Å²) < 4.78 is 5.68. The van der Waals surface area contributed by atoms with E-state index in [0.717, 1.165) is 11.3 Å². The molecule has 0 amide bonds. The van der Waals surface area contributed by atoms with Gasteiger partial charge < -0.3 is 9.84 Å². The van der Waals surface area contributed by atoms with E-state index in [1.807, 2.05) is 42.5 Å². The Kier molecular flexibility index (Phi) is 4.88. The monoisotopic (exact) mass is 282 g/mol. The fourth-order valence-electron chi connectivity index (χ4n) is 1.70. The number of benzene rings is 2. The van der Waals surface area contributed by atoms with Crippen LogP contribution < -0.4 is 4.74 Å². The van der Waals surface area contributed by atoms with Gasteiger partial charge in [0.05, 0.1) is 0 Å². The van der Waals surface area contributed by atoms with Crippen molar-refractivity contribution in [1.29, 1.82) is 0 Å². The van der Waals surface area contributed by atoms with Crippen LogP contribution in [0.4, 0.5) is 0 Å². The second-order valence-electron chi connectivity index (χ2n) is 4.36. The van der Waals surface area contributed by atoms with Crippen LogP contribution in [0.15, 0.2) is 60.7 Å². The summed E-state index contributed by atoms with van der Waals surface area (Å²) in [6, 6.07) is 16.5. The molecule has 0 spiro atoms. The molecule has 0 aliphatic rings. The fraction of sp³-hybridized carbons (Fsp3) is 0.0588. The highest BCUT2D eigenvalue weighted by atomic mass is 16.5. The largest absolute Gasteiger partial charge is 0.481 e. The van der Waals surface area contributed by atoms with Gasteiger partial charge in [0.1, 0.15) is 17.9 Å². The van der Waals surface area contributed by atoms with E-state index in [4.69, 9.17) is 9.84 Å². The Balaban J connectivity index is 2.06. The van der Waals surface area contributed by atoms with Gasteiger partial charge >= 0.3 is 5.97 Å². The maximum Gasteiger partial charge on any atom is 0.311 e. The van der Waals surface area contributed by atoms with Crippen LogP contribution >= 0.6 is 0 Å². The summed E-state index contributed by atoms with van der Waals surface area (Å²) in [5.74, 6) is -0.211. The van der Waals surface area contributed by atoms with Crippen LogP contribution in [0.25, 0.3) is 6.08 Å². The van der Waals surface area contributed by atoms with Crippen LogP contribution in [0.2, 0.25) is 0 Å². The summed E-state index contributed by atoms with van der Waals surface area (Å²) in [6.07, 6.45) is 2.33. The van der Waals surface area contributed by atoms with Gasteiger partial charge in [0.2, 0.25) is 0 Å². The highest BCUT2D eigenvalue weighted by Gasteiger charge is 2.03. The Labute approximate surface area is 122 Å². The lowest BCUT2D eigenvalue weighted by atomic mass is 10.1. The molecule has 1 N–H and O–H groups in total. The van der Waals surface area contributed by atoms with E-state index in [-0.39, 0.29) is 0 Å². The average molecular weight is 282 g/mol. The molecule has 21 heavy (non-hydrogen) atoms. The third kappa shape index (κ3) is 4.95. The van der Waals surface area contributed by atoms with Gasteiger partial charge in [-0.15, -0.1) is 0 Å². The molecule has 0 unspecified atom stereocenters. The minimum Gasteiger partial charge on any atom is -0.481 e. The molecule has 4 nitrogen and oxygen atoms in total. The predicted octanol–water partition coefficient (Wildman–Crippen LogP) is 3.54. The van der Waals surface area contributed by atoms with Crippen LogP contribution in [0.3, 0.4) is 0 Å². The smallest absolute Gasteiger partial charge is 0.311 e. The summed E-state index contributed by atoms with van der Waals surface area (Å²) in [6.45, 7) is 0. The molecule has 0 saturated carbocycles. The number of rotatable bonds is 6. The van der Waals surface area contributed by atoms with Crippen molar-refractivity contribution in [3.63, 3.8) is 0 Å². The molecule has 0 atom stereocenters. The fourth-order valence-corrected chi connectivity index (χ4v) is 1.70. The first kappa shape index (κ1) is 14.5. The molecular weight excluding hydrogens is 268 g/mol. The topological polar surface area (TPSA) is 63.6 Å². The summed E-state index contributed by atoms with van der Waals surface area (Å²) in [7, 11) is 0. The third-order valence-electron chi connectivity index (χ3n) is 2.62. The third-order valence-corrected chi connectivity index (χ3v) is 2.62. The van der Waals surface area contributed by atoms with Gasteiger partial charge in [-0.2, -0.15) is 0 Å². The zero-order valence-corrected chi connectivity index (χ0v) is 11.2. The summed E-state index contributed by atoms with van der Waals surface area (Å²) in [4.78, 5) is 21.7. The minimum absolute atomic E-state index is 0.447. The number of ketones is 1. The molecule has 0 fully saturated rings. The number of para-hydroxylation sites is 1. The zero-order chi connectivity index (χ0) is 15.1. The molecule has 0 saturated heterocycles. The molecule has 0 aliphatic carbocycles. The molecule has 0 aliphatic heterocycles. The first-order chi connectivity index (χ1) is 10.1. The van der Waals surface area contributed by atoms with Crippen molar-refractivity contribution in [3.8, 4) is 11.5 Å². The standard InChI is InChI=1S/C17H14O4/c18-14(12-17(19)20)10-9-13-5-4-8-16(11-13)21-15-6-2-1-3-7-15/h1-11H,12H2,(H,19,20)/b10-9+. The zero-order valence-electron chi connectivity index (χ0n) is 11.2. The van der Waals surface area contributed by atoms with E-state index < -0.39 is 18.2 Å². The Hall–Kier alpha value is -2.88. The molecule has 0 bridgehead atoms. The van der Waals surface area contributed by atoms with Gasteiger partial charge in [-0.05, 0) is 35.9 Å². The van der Waals surface area contributed by atoms with Gasteiger partial charge in [0.25, 0.3) is 0 Å². The van der Waals surface area contributed by atoms with Gasteiger partial charge in [-0.3, -0.25) is 9.59 Å². The second-order valence-corrected chi connectivity index (χ2v) is 4.36. The Morgan fingerprint density at radius 3 is 2.43 bits per heavy atom. The lowest BCUT2D eigenvalue weighted by Crippen LogP contribution is -2.02. The Bertz CT molecular complexity index is 660. The van der Waals surface area contributed by atoms with Crippen molar-refractivity contribution in [1.82, 2.24) is 0 Å². The SMILES string of the molecule is O=C(O)CC(=O)/C=C/c1cccc(Oc2ccccc2)c1. The molecule has 0 aromatic heterocycles. The van der Waals surface area contributed by atoms with Crippen molar-refractivity contribution in [2.24, 2.45) is 0 Å². The lowest BCUT2D eigenvalue weighted by Gasteiger charge is -2.05. The van der Waals surface area contributed by atoms with Gasteiger partial charge in [-0.25, -0.2) is 0 Å². The van der Waals surface area contributed by atoms with Gasteiger partial charge in [0, 0.05) is 0 Å². The molecule has 106 valence electrons. The van der Waals surface area contributed by atoms with E-state index >= 15 is 0 Å². The summed E-state index contributed by atoms with van der Waals surface area (Å²) in [5, 5.41) is 8.51. The Morgan fingerprint density at radius 2 is 1.71 bits per heavy atom. The number of aliphatic carboxylic acids is 1. The van der Waals surface area contributed by atoms with Gasteiger partial charge in [-0.1, -0.05) is 36.4 Å². The van der Waals surface area contributed by atoms with Gasteiger partial charge in [0.15, 0.2) is 5.78 Å². The van der Waals surface area contributed by atoms with E-state index in [2.05, 4.69) is 0 Å². The highest BCUT2D eigenvalue weighted by Crippen LogP contribution is 2.22. The van der Waals surface area contributed by atoms with Crippen molar-refractivity contribution in [3.05, 3.63) is 66.2 Å². The summed E-state index contributed by atoms with van der Waals surface area (Å²) in [5.41, 5.74) is 0.766. The van der Waals surface area contributed by atoms with Crippen LogP contribution in [0.1, 0.15) is 12.0 Å². The molecule has 0 heterocycles. The predicted molar refractivity (Wildman–Crippen MR) is 79.3 cm³/mol. The second kappa shape index (κ2) is 7.05. The number of carboxylic acids is 1. The normalized spacial score (nSPS) is 10.5. The van der Waals surface area contributed by atoms with E-state index in [1.54, 1.807) is 18.2 Å². The van der Waals surface area contributed by atoms with Crippen molar-refractivity contribution in [2.75, 3.05) is 0 Å². The minimum atomic E-state index is -1.13. The first-order valence-corrected chi connectivity index (χ1v) is 6.39. The number of ether oxygens (including phenoxy) is 1. The van der Waals surface area contributed by atoms with Crippen molar-refractivity contribution < 1.29 is 19.4 Å². The molecule has 0 radical (unpaired) electrons. The average Bonchev–Trinajstić information content (AvgIpc) is 2.46. The lowest BCUT2D eigenvalue weighted by molar-refractivity contribution is -0.139. The first-order valence-electron chi connectivity index (χ1n) is 6.39.